The minimum Gasteiger partial charge on any atom is -0.325 e. The Morgan fingerprint density at radius 3 is 3.16 bits per heavy atom. The summed E-state index contributed by atoms with van der Waals surface area (Å²) in [6.45, 7) is 0. The topological polar surface area (TPSA) is 70.7 Å². The van der Waals surface area contributed by atoms with E-state index >= 15 is 0 Å². The zero-order chi connectivity index (χ0) is 16.8. The third-order valence-corrected chi connectivity index (χ3v) is 5.38. The maximum absolute atomic E-state index is 12.3. The molecule has 25 heavy (non-hydrogen) atoms. The van der Waals surface area contributed by atoms with Gasteiger partial charge >= 0.3 is 0 Å². The second-order valence-corrected chi connectivity index (χ2v) is 7.00. The highest BCUT2D eigenvalue weighted by molar-refractivity contribution is 7.13. The van der Waals surface area contributed by atoms with Crippen LogP contribution in [0.25, 0.3) is 27.7 Å². The molecule has 5 nitrogen and oxygen atoms in total. The Balaban J connectivity index is 1.55. The lowest BCUT2D eigenvalue weighted by atomic mass is 9.91. The minimum atomic E-state index is -0.00636. The van der Waals surface area contributed by atoms with Crippen molar-refractivity contribution in [1.82, 2.24) is 20.5 Å². The Hall–Kier alpha value is -2.99. The summed E-state index contributed by atoms with van der Waals surface area (Å²) in [5.41, 5.74) is 4.60. The van der Waals surface area contributed by atoms with Crippen LogP contribution in [0.1, 0.15) is 12.0 Å². The number of amides is 1. The molecule has 5 rings (SSSR count). The molecule has 2 aromatic heterocycles. The fourth-order valence-corrected chi connectivity index (χ4v) is 4.03. The molecule has 1 aliphatic heterocycles. The van der Waals surface area contributed by atoms with Gasteiger partial charge in [-0.3, -0.25) is 9.89 Å². The van der Waals surface area contributed by atoms with Gasteiger partial charge in [0.25, 0.3) is 5.91 Å². The van der Waals surface area contributed by atoms with Crippen LogP contribution in [0, 0.1) is 5.92 Å². The Morgan fingerprint density at radius 2 is 2.28 bits per heavy atom. The maximum atomic E-state index is 12.3. The van der Waals surface area contributed by atoms with Crippen molar-refractivity contribution in [3.8, 4) is 10.7 Å². The van der Waals surface area contributed by atoms with Crippen LogP contribution in [0.15, 0.2) is 59.3 Å². The summed E-state index contributed by atoms with van der Waals surface area (Å²) >= 11 is 1.57. The fourth-order valence-electron chi connectivity index (χ4n) is 3.39. The summed E-state index contributed by atoms with van der Waals surface area (Å²) in [4.78, 5) is 16.6. The van der Waals surface area contributed by atoms with Gasteiger partial charge in [-0.25, -0.2) is 4.98 Å². The van der Waals surface area contributed by atoms with Crippen molar-refractivity contribution in [3.05, 3.63) is 64.8 Å². The Bertz CT molecular complexity index is 1070. The number of aromatic amines is 1. The molecule has 0 radical (unpaired) electrons. The molecule has 122 valence electrons. The number of fused-ring (bicyclic) bond motifs is 2. The van der Waals surface area contributed by atoms with E-state index in [0.717, 1.165) is 44.9 Å². The average Bonchev–Trinajstić information content (AvgIpc) is 3.34. The maximum Gasteiger partial charge on any atom is 0.252 e. The number of nitrogens with zero attached hydrogens (tertiary/aromatic N) is 2. The molecule has 6 heteroatoms. The van der Waals surface area contributed by atoms with Gasteiger partial charge in [-0.05, 0) is 36.3 Å². The summed E-state index contributed by atoms with van der Waals surface area (Å²) in [7, 11) is 0. The molecular weight excluding hydrogens is 332 g/mol. The van der Waals surface area contributed by atoms with E-state index < -0.39 is 0 Å². The number of carbonyl (C=O) groups excluding carboxylic acids is 1. The van der Waals surface area contributed by atoms with Gasteiger partial charge < -0.3 is 5.32 Å². The molecular formula is C19H14N4OS. The van der Waals surface area contributed by atoms with Crippen LogP contribution in [0.5, 0.6) is 0 Å². The third kappa shape index (κ3) is 2.34. The van der Waals surface area contributed by atoms with Crippen molar-refractivity contribution in [2.45, 2.75) is 6.42 Å². The number of H-pyrrole nitrogens is 1. The van der Waals surface area contributed by atoms with Crippen LogP contribution >= 0.6 is 11.3 Å². The number of rotatable bonds is 2. The molecule has 1 atom stereocenters. The molecule has 1 aromatic carbocycles. The summed E-state index contributed by atoms with van der Waals surface area (Å²) in [5, 5.41) is 14.3. The zero-order valence-corrected chi connectivity index (χ0v) is 14.0. The van der Waals surface area contributed by atoms with Crippen LogP contribution < -0.4 is 5.32 Å². The van der Waals surface area contributed by atoms with Gasteiger partial charge in [-0.1, -0.05) is 18.2 Å². The number of nitrogens with one attached hydrogen (secondary N) is 2. The van der Waals surface area contributed by atoms with E-state index in [1.54, 1.807) is 17.5 Å². The largest absolute Gasteiger partial charge is 0.325 e. The first-order chi connectivity index (χ1) is 12.3. The number of hydrogen-bond acceptors (Lipinski definition) is 4. The Morgan fingerprint density at radius 1 is 1.32 bits per heavy atom. The molecule has 1 aliphatic carbocycles. The Kier molecular flexibility index (Phi) is 3.18. The molecule has 2 aliphatic rings. The summed E-state index contributed by atoms with van der Waals surface area (Å²) in [6.07, 6.45) is 10.7. The zero-order valence-electron chi connectivity index (χ0n) is 13.2. The number of aromatic nitrogens is 3. The average molecular weight is 346 g/mol. The monoisotopic (exact) mass is 346 g/mol. The standard InChI is InChI=1S/C19H14N4OS/c24-18-14(12-3-1-2-4-15(12)21-18)9-11-5-6-13-16(10-11)22-23-17(13)19-20-7-8-25-19/h1-2,4-10,12H,3H2,(H,21,24)(H,22,23)/b14-9+. The second-order valence-electron chi connectivity index (χ2n) is 6.11. The van der Waals surface area contributed by atoms with Crippen molar-refractivity contribution in [1.29, 1.82) is 0 Å². The summed E-state index contributed by atoms with van der Waals surface area (Å²) in [6, 6.07) is 6.09. The number of allylic oxidation sites excluding steroid dienone is 4. The van der Waals surface area contributed by atoms with E-state index in [0.29, 0.717) is 0 Å². The van der Waals surface area contributed by atoms with E-state index in [-0.39, 0.29) is 11.8 Å². The minimum absolute atomic E-state index is 0.00636. The molecule has 1 unspecified atom stereocenters. The van der Waals surface area contributed by atoms with Gasteiger partial charge in [0, 0.05) is 34.2 Å². The van der Waals surface area contributed by atoms with Crippen molar-refractivity contribution < 1.29 is 4.79 Å². The van der Waals surface area contributed by atoms with Gasteiger partial charge in [-0.15, -0.1) is 11.3 Å². The lowest BCUT2D eigenvalue weighted by Crippen LogP contribution is -2.13. The normalized spacial score (nSPS) is 20.8. The van der Waals surface area contributed by atoms with Crippen molar-refractivity contribution in [2.75, 3.05) is 0 Å². The highest BCUT2D eigenvalue weighted by atomic mass is 32.1. The second kappa shape index (κ2) is 5.53. The first-order valence-corrected chi connectivity index (χ1v) is 8.95. The van der Waals surface area contributed by atoms with Gasteiger partial charge in [0.15, 0.2) is 0 Å². The number of carbonyl (C=O) groups is 1. The molecule has 0 bridgehead atoms. The summed E-state index contributed by atoms with van der Waals surface area (Å²) < 4.78 is 0. The van der Waals surface area contributed by atoms with Crippen molar-refractivity contribution in [2.24, 2.45) is 5.92 Å². The van der Waals surface area contributed by atoms with E-state index in [1.807, 2.05) is 41.8 Å². The number of benzene rings is 1. The van der Waals surface area contributed by atoms with E-state index in [2.05, 4.69) is 26.6 Å². The third-order valence-electron chi connectivity index (χ3n) is 4.60. The molecule has 0 spiro atoms. The molecule has 2 N–H and O–H groups in total. The van der Waals surface area contributed by atoms with E-state index in [1.165, 1.54) is 0 Å². The van der Waals surface area contributed by atoms with Gasteiger partial charge in [0.05, 0.1) is 5.52 Å². The molecule has 1 saturated heterocycles. The van der Waals surface area contributed by atoms with Crippen molar-refractivity contribution >= 4 is 34.2 Å². The Labute approximate surface area is 147 Å². The lowest BCUT2D eigenvalue weighted by molar-refractivity contribution is -0.115. The van der Waals surface area contributed by atoms with Crippen LogP contribution in [-0.4, -0.2) is 21.1 Å². The molecule has 1 fully saturated rings. The van der Waals surface area contributed by atoms with E-state index in [9.17, 15) is 4.79 Å². The van der Waals surface area contributed by atoms with Gasteiger partial charge in [0.2, 0.25) is 0 Å². The van der Waals surface area contributed by atoms with Gasteiger partial charge in [0.1, 0.15) is 10.7 Å². The quantitative estimate of drug-likeness (QED) is 0.696. The first kappa shape index (κ1) is 14.4. The smallest absolute Gasteiger partial charge is 0.252 e. The molecule has 3 heterocycles. The predicted molar refractivity (Wildman–Crippen MR) is 98.7 cm³/mol. The first-order valence-electron chi connectivity index (χ1n) is 8.07. The number of hydrogen-bond donors (Lipinski definition) is 2. The van der Waals surface area contributed by atoms with Gasteiger partial charge in [-0.2, -0.15) is 5.10 Å². The van der Waals surface area contributed by atoms with Crippen molar-refractivity contribution in [3.63, 3.8) is 0 Å². The highest BCUT2D eigenvalue weighted by Crippen LogP contribution is 2.34. The van der Waals surface area contributed by atoms with Crippen LogP contribution in [0.2, 0.25) is 0 Å². The molecule has 3 aromatic rings. The van der Waals surface area contributed by atoms with Crippen LogP contribution in [0.4, 0.5) is 0 Å². The number of thiazole rings is 1. The predicted octanol–water partition coefficient (Wildman–Crippen LogP) is 3.66. The summed E-state index contributed by atoms with van der Waals surface area (Å²) in [5.74, 6) is 0.133. The SMILES string of the molecule is O=C1NC2=CC=CCC2/C1=C\c1ccc2c(-c3nccs3)n[nH]c2c1. The molecule has 1 amide bonds. The van der Waals surface area contributed by atoms with Crippen LogP contribution in [0.3, 0.4) is 0 Å². The van der Waals surface area contributed by atoms with Crippen LogP contribution in [-0.2, 0) is 4.79 Å². The highest BCUT2D eigenvalue weighted by Gasteiger charge is 2.32. The lowest BCUT2D eigenvalue weighted by Gasteiger charge is -2.11. The molecule has 0 saturated carbocycles. The fraction of sp³-hybridized carbons (Fsp3) is 0.105. The van der Waals surface area contributed by atoms with E-state index in [4.69, 9.17) is 0 Å².